The summed E-state index contributed by atoms with van der Waals surface area (Å²) in [6.45, 7) is 4.58. The van der Waals surface area contributed by atoms with E-state index in [1.54, 1.807) is 24.3 Å². The number of aromatic nitrogens is 2. The molecule has 0 atom stereocenters. The number of aryl methyl sites for hydroxylation is 1. The predicted molar refractivity (Wildman–Crippen MR) is 122 cm³/mol. The number of hydrogen-bond acceptors (Lipinski definition) is 8. The second kappa shape index (κ2) is 8.97. The summed E-state index contributed by atoms with van der Waals surface area (Å²) in [5.41, 5.74) is 11.0. The number of sulfonamides is 1. The first-order valence-electron chi connectivity index (χ1n) is 10.0. The molecule has 0 spiro atoms. The number of rotatable bonds is 6. The molecule has 2 aromatic carbocycles. The average molecular weight is 458 g/mol. The van der Waals surface area contributed by atoms with Crippen LogP contribution in [0.15, 0.2) is 59.8 Å². The van der Waals surface area contributed by atoms with Crippen LogP contribution >= 0.6 is 0 Å². The largest absolute Gasteiger partial charge is 0.393 e. The SMILES string of the molecule is Cc1ccc(S(=O)(=O)NNc2ncnc(N3CCN(c4ccc(F)cc4)CC3)c2N)cc1. The van der Waals surface area contributed by atoms with Gasteiger partial charge < -0.3 is 15.5 Å². The van der Waals surface area contributed by atoms with Gasteiger partial charge in [0.2, 0.25) is 0 Å². The van der Waals surface area contributed by atoms with Crippen LogP contribution in [0.1, 0.15) is 5.56 Å². The van der Waals surface area contributed by atoms with Gasteiger partial charge in [0.15, 0.2) is 11.6 Å². The minimum absolute atomic E-state index is 0.125. The monoisotopic (exact) mass is 457 g/mol. The fraction of sp³-hybridized carbons (Fsp3) is 0.238. The van der Waals surface area contributed by atoms with Crippen molar-refractivity contribution in [3.8, 4) is 0 Å². The van der Waals surface area contributed by atoms with Crippen molar-refractivity contribution in [3.05, 3.63) is 66.2 Å². The standard InChI is InChI=1S/C21H24FN7O2S/c1-15-2-8-18(9-3-15)32(30,31)27-26-20-19(23)21(25-14-24-20)29-12-10-28(11-13-29)17-6-4-16(22)5-7-17/h2-9,14,27H,10-13,23H2,1H3,(H,24,25,26). The third-order valence-corrected chi connectivity index (χ3v) is 6.53. The highest BCUT2D eigenvalue weighted by atomic mass is 32.2. The Hall–Kier alpha value is -3.44. The molecule has 0 saturated carbocycles. The summed E-state index contributed by atoms with van der Waals surface area (Å²) in [6, 6.07) is 12.9. The van der Waals surface area contributed by atoms with Crippen LogP contribution in [0.2, 0.25) is 0 Å². The van der Waals surface area contributed by atoms with Crippen molar-refractivity contribution < 1.29 is 12.8 Å². The summed E-state index contributed by atoms with van der Waals surface area (Å²) in [5, 5.41) is 0. The number of nitrogens with one attached hydrogen (secondary N) is 2. The van der Waals surface area contributed by atoms with Crippen molar-refractivity contribution >= 4 is 33.0 Å². The Morgan fingerprint density at radius 3 is 2.22 bits per heavy atom. The Bertz CT molecular complexity index is 1180. The molecule has 2 heterocycles. The molecule has 1 aliphatic rings. The van der Waals surface area contributed by atoms with Gasteiger partial charge in [-0.25, -0.2) is 22.8 Å². The normalized spacial score (nSPS) is 14.4. The van der Waals surface area contributed by atoms with Crippen molar-refractivity contribution in [2.75, 3.05) is 47.1 Å². The van der Waals surface area contributed by atoms with E-state index in [2.05, 4.69) is 25.1 Å². The minimum atomic E-state index is -3.79. The fourth-order valence-electron chi connectivity index (χ4n) is 3.46. The lowest BCUT2D eigenvalue weighted by Crippen LogP contribution is -2.47. The minimum Gasteiger partial charge on any atom is -0.393 e. The lowest BCUT2D eigenvalue weighted by molar-refractivity contribution is 0.587. The van der Waals surface area contributed by atoms with E-state index in [0.29, 0.717) is 32.0 Å². The Balaban J connectivity index is 1.42. The highest BCUT2D eigenvalue weighted by Gasteiger charge is 2.22. The lowest BCUT2D eigenvalue weighted by atomic mass is 10.2. The number of anilines is 4. The molecular formula is C21H24FN7O2S. The zero-order chi connectivity index (χ0) is 22.7. The van der Waals surface area contributed by atoms with E-state index in [9.17, 15) is 12.8 Å². The van der Waals surface area contributed by atoms with E-state index >= 15 is 0 Å². The molecule has 4 N–H and O–H groups in total. The van der Waals surface area contributed by atoms with Gasteiger partial charge in [-0.1, -0.05) is 17.7 Å². The Labute approximate surface area is 186 Å². The summed E-state index contributed by atoms with van der Waals surface area (Å²) < 4.78 is 38.2. The lowest BCUT2D eigenvalue weighted by Gasteiger charge is -2.37. The first kappa shape index (κ1) is 21.8. The van der Waals surface area contributed by atoms with Crippen molar-refractivity contribution in [3.63, 3.8) is 0 Å². The molecule has 1 saturated heterocycles. The molecule has 11 heteroatoms. The maximum Gasteiger partial charge on any atom is 0.257 e. The van der Waals surface area contributed by atoms with E-state index in [-0.39, 0.29) is 22.2 Å². The molecule has 0 radical (unpaired) electrons. The van der Waals surface area contributed by atoms with Gasteiger partial charge in [-0.3, -0.25) is 5.43 Å². The third-order valence-electron chi connectivity index (χ3n) is 5.27. The molecule has 1 aromatic heterocycles. The van der Waals surface area contributed by atoms with Gasteiger partial charge in [-0.2, -0.15) is 0 Å². The smallest absolute Gasteiger partial charge is 0.257 e. The molecule has 1 fully saturated rings. The van der Waals surface area contributed by atoms with Crippen molar-refractivity contribution in [2.24, 2.45) is 0 Å². The van der Waals surface area contributed by atoms with Gasteiger partial charge in [-0.05, 0) is 43.3 Å². The number of nitrogens with zero attached hydrogens (tertiary/aromatic N) is 4. The highest BCUT2D eigenvalue weighted by Crippen LogP contribution is 2.27. The summed E-state index contributed by atoms with van der Waals surface area (Å²) in [7, 11) is -3.79. The maximum absolute atomic E-state index is 13.2. The summed E-state index contributed by atoms with van der Waals surface area (Å²) in [6.07, 6.45) is 1.33. The zero-order valence-corrected chi connectivity index (χ0v) is 18.3. The van der Waals surface area contributed by atoms with Crippen LogP contribution in [-0.2, 0) is 10.0 Å². The second-order valence-corrected chi connectivity index (χ2v) is 9.14. The van der Waals surface area contributed by atoms with Gasteiger partial charge in [-0.15, -0.1) is 4.83 Å². The van der Waals surface area contributed by atoms with Crippen LogP contribution in [0.4, 0.5) is 27.4 Å². The van der Waals surface area contributed by atoms with Gasteiger partial charge in [0, 0.05) is 31.9 Å². The number of hydrazine groups is 1. The first-order valence-corrected chi connectivity index (χ1v) is 11.5. The average Bonchev–Trinajstić information content (AvgIpc) is 2.79. The van der Waals surface area contributed by atoms with E-state index < -0.39 is 10.0 Å². The number of halogens is 1. The number of piperazine rings is 1. The summed E-state index contributed by atoms with van der Waals surface area (Å²) >= 11 is 0. The molecule has 4 rings (SSSR count). The Morgan fingerprint density at radius 2 is 1.56 bits per heavy atom. The molecular weight excluding hydrogens is 433 g/mol. The quantitative estimate of drug-likeness (QED) is 0.482. The van der Waals surface area contributed by atoms with Gasteiger partial charge in [0.1, 0.15) is 17.8 Å². The molecule has 0 aliphatic carbocycles. The summed E-state index contributed by atoms with van der Waals surface area (Å²) in [4.78, 5) is 15.0. The first-order chi connectivity index (χ1) is 15.3. The van der Waals surface area contributed by atoms with Crippen molar-refractivity contribution in [1.82, 2.24) is 14.8 Å². The van der Waals surface area contributed by atoms with Crippen LogP contribution in [0, 0.1) is 12.7 Å². The molecule has 1 aliphatic heterocycles. The van der Waals surface area contributed by atoms with Crippen LogP contribution in [-0.4, -0.2) is 44.6 Å². The second-order valence-electron chi connectivity index (χ2n) is 7.45. The van der Waals surface area contributed by atoms with E-state index in [1.165, 1.54) is 30.6 Å². The van der Waals surface area contributed by atoms with Crippen LogP contribution in [0.25, 0.3) is 0 Å². The number of hydrogen-bond donors (Lipinski definition) is 3. The van der Waals surface area contributed by atoms with Crippen LogP contribution in [0.5, 0.6) is 0 Å². The predicted octanol–water partition coefficient (Wildman–Crippen LogP) is 2.14. The van der Waals surface area contributed by atoms with Crippen molar-refractivity contribution in [2.45, 2.75) is 11.8 Å². The molecule has 168 valence electrons. The van der Waals surface area contributed by atoms with E-state index in [0.717, 1.165) is 11.3 Å². The summed E-state index contributed by atoms with van der Waals surface area (Å²) in [5.74, 6) is 0.432. The maximum atomic E-state index is 13.2. The molecule has 9 nitrogen and oxygen atoms in total. The molecule has 3 aromatic rings. The topological polar surface area (TPSA) is 116 Å². The van der Waals surface area contributed by atoms with Gasteiger partial charge in [0.05, 0.1) is 4.90 Å². The molecule has 0 bridgehead atoms. The van der Waals surface area contributed by atoms with E-state index in [4.69, 9.17) is 5.73 Å². The van der Waals surface area contributed by atoms with Gasteiger partial charge >= 0.3 is 0 Å². The highest BCUT2D eigenvalue weighted by molar-refractivity contribution is 7.89. The Kier molecular flexibility index (Phi) is 6.10. The zero-order valence-electron chi connectivity index (χ0n) is 17.5. The van der Waals surface area contributed by atoms with Crippen LogP contribution < -0.4 is 25.8 Å². The van der Waals surface area contributed by atoms with Crippen molar-refractivity contribution in [1.29, 1.82) is 0 Å². The number of benzene rings is 2. The van der Waals surface area contributed by atoms with Gasteiger partial charge in [0.25, 0.3) is 10.0 Å². The number of nitrogens with two attached hydrogens (primary N) is 1. The number of nitrogen functional groups attached to an aromatic ring is 1. The fourth-order valence-corrected chi connectivity index (χ4v) is 4.30. The third kappa shape index (κ3) is 4.73. The van der Waals surface area contributed by atoms with Crippen LogP contribution in [0.3, 0.4) is 0 Å². The van der Waals surface area contributed by atoms with E-state index in [1.807, 2.05) is 11.8 Å². The molecule has 0 unspecified atom stereocenters. The Morgan fingerprint density at radius 1 is 0.938 bits per heavy atom. The molecule has 0 amide bonds. The molecule has 32 heavy (non-hydrogen) atoms.